The van der Waals surface area contributed by atoms with Gasteiger partial charge in [-0.1, -0.05) is 31.0 Å². The van der Waals surface area contributed by atoms with Crippen LogP contribution in [-0.4, -0.2) is 57.1 Å². The van der Waals surface area contributed by atoms with Gasteiger partial charge in [0.2, 0.25) is 21.8 Å². The Labute approximate surface area is 227 Å². The maximum Gasteiger partial charge on any atom is 0.242 e. The Hall–Kier alpha value is -3.07. The summed E-state index contributed by atoms with van der Waals surface area (Å²) >= 11 is 0. The van der Waals surface area contributed by atoms with Gasteiger partial charge in [-0.3, -0.25) is 13.9 Å². The number of methoxy groups -OCH3 is 1. The van der Waals surface area contributed by atoms with Crippen LogP contribution >= 0.6 is 0 Å². The summed E-state index contributed by atoms with van der Waals surface area (Å²) in [5.74, 6) is 0.362. The SMILES string of the molecule is COc1ccc(CN(C(=O)CCCN(c2ccc(C)c(C)c2)S(C)(=O)=O)[C@@H](C)C(=O)NC2CCCC2)cc1. The minimum atomic E-state index is -3.53. The molecule has 1 saturated carbocycles. The molecule has 0 bridgehead atoms. The van der Waals surface area contributed by atoms with E-state index in [1.807, 2.05) is 50.2 Å². The van der Waals surface area contributed by atoms with E-state index < -0.39 is 16.1 Å². The van der Waals surface area contributed by atoms with Crippen LogP contribution in [-0.2, 0) is 26.2 Å². The van der Waals surface area contributed by atoms with E-state index in [0.717, 1.165) is 42.4 Å². The van der Waals surface area contributed by atoms with Gasteiger partial charge >= 0.3 is 0 Å². The van der Waals surface area contributed by atoms with Crippen LogP contribution in [0.4, 0.5) is 5.69 Å². The molecular weight excluding hydrogens is 502 g/mol. The van der Waals surface area contributed by atoms with Gasteiger partial charge in [-0.05, 0) is 81.0 Å². The second kappa shape index (κ2) is 13.1. The van der Waals surface area contributed by atoms with Gasteiger partial charge in [-0.15, -0.1) is 0 Å². The average molecular weight is 544 g/mol. The molecule has 0 saturated heterocycles. The summed E-state index contributed by atoms with van der Waals surface area (Å²) in [4.78, 5) is 28.1. The van der Waals surface area contributed by atoms with E-state index in [4.69, 9.17) is 4.74 Å². The molecule has 9 heteroatoms. The molecule has 0 radical (unpaired) electrons. The third-order valence-corrected chi connectivity index (χ3v) is 8.51. The summed E-state index contributed by atoms with van der Waals surface area (Å²) in [5, 5.41) is 3.10. The van der Waals surface area contributed by atoms with Crippen LogP contribution in [0.25, 0.3) is 0 Å². The summed E-state index contributed by atoms with van der Waals surface area (Å²) in [6.45, 7) is 6.12. The average Bonchev–Trinajstić information content (AvgIpc) is 3.39. The maximum absolute atomic E-state index is 13.5. The highest BCUT2D eigenvalue weighted by Crippen LogP contribution is 2.23. The fraction of sp³-hybridized carbons (Fsp3) is 0.517. The number of ether oxygens (including phenoxy) is 1. The molecule has 0 aliphatic heterocycles. The Balaban J connectivity index is 1.73. The standard InChI is InChI=1S/C29H41N3O5S/c1-21-12-15-26(19-22(21)2)32(38(5,35)36)18-8-11-28(33)31(20-24-13-16-27(37-4)17-14-24)23(3)29(34)30-25-9-6-7-10-25/h12-17,19,23,25H,6-11,18,20H2,1-5H3,(H,30,34)/t23-/m0/s1. The number of hydrogen-bond donors (Lipinski definition) is 1. The van der Waals surface area contributed by atoms with Crippen LogP contribution < -0.4 is 14.4 Å². The van der Waals surface area contributed by atoms with Gasteiger partial charge in [0.25, 0.3) is 0 Å². The number of rotatable bonds is 12. The van der Waals surface area contributed by atoms with Gasteiger partial charge in [0.05, 0.1) is 19.1 Å². The van der Waals surface area contributed by atoms with E-state index in [1.54, 1.807) is 25.0 Å². The monoisotopic (exact) mass is 543 g/mol. The summed E-state index contributed by atoms with van der Waals surface area (Å²) in [5.41, 5.74) is 3.55. The number of nitrogens with zero attached hydrogens (tertiary/aromatic N) is 2. The van der Waals surface area contributed by atoms with E-state index in [1.165, 1.54) is 10.6 Å². The molecule has 0 unspecified atom stereocenters. The lowest BCUT2D eigenvalue weighted by Gasteiger charge is -2.30. The molecule has 2 aromatic rings. The fourth-order valence-electron chi connectivity index (χ4n) is 4.79. The topological polar surface area (TPSA) is 96.0 Å². The molecule has 0 spiro atoms. The van der Waals surface area contributed by atoms with Crippen LogP contribution in [0.3, 0.4) is 0 Å². The minimum absolute atomic E-state index is 0.119. The summed E-state index contributed by atoms with van der Waals surface area (Å²) in [7, 11) is -1.94. The van der Waals surface area contributed by atoms with Gasteiger partial charge in [-0.2, -0.15) is 0 Å². The normalized spacial score (nSPS) is 14.7. The molecule has 3 rings (SSSR count). The number of sulfonamides is 1. The van der Waals surface area contributed by atoms with Crippen LogP contribution in [0.15, 0.2) is 42.5 Å². The highest BCUT2D eigenvalue weighted by atomic mass is 32.2. The highest BCUT2D eigenvalue weighted by molar-refractivity contribution is 7.92. The second-order valence-electron chi connectivity index (χ2n) is 10.2. The maximum atomic E-state index is 13.5. The van der Waals surface area contributed by atoms with Crippen molar-refractivity contribution in [3.8, 4) is 5.75 Å². The van der Waals surface area contributed by atoms with E-state index in [0.29, 0.717) is 17.9 Å². The quantitative estimate of drug-likeness (QED) is 0.430. The Bertz CT molecular complexity index is 1210. The largest absolute Gasteiger partial charge is 0.497 e. The number of carbonyl (C=O) groups is 2. The van der Waals surface area contributed by atoms with Gasteiger partial charge in [0.1, 0.15) is 11.8 Å². The zero-order valence-corrected chi connectivity index (χ0v) is 24.0. The Morgan fingerprint density at radius 3 is 2.29 bits per heavy atom. The molecule has 38 heavy (non-hydrogen) atoms. The molecule has 1 aliphatic rings. The zero-order chi connectivity index (χ0) is 27.9. The number of aryl methyl sites for hydroxylation is 2. The lowest BCUT2D eigenvalue weighted by molar-refractivity contribution is -0.141. The first-order valence-corrected chi connectivity index (χ1v) is 15.1. The molecule has 0 heterocycles. The molecule has 1 N–H and O–H groups in total. The number of hydrogen-bond acceptors (Lipinski definition) is 5. The smallest absolute Gasteiger partial charge is 0.242 e. The third-order valence-electron chi connectivity index (χ3n) is 7.31. The molecule has 1 atom stereocenters. The first kappa shape index (κ1) is 29.5. The van der Waals surface area contributed by atoms with Crippen molar-refractivity contribution in [2.24, 2.45) is 0 Å². The van der Waals surface area contributed by atoms with Crippen LogP contribution in [0.1, 0.15) is 62.1 Å². The zero-order valence-electron chi connectivity index (χ0n) is 23.2. The van der Waals surface area contributed by atoms with Crippen molar-refractivity contribution in [3.05, 3.63) is 59.2 Å². The second-order valence-corrected chi connectivity index (χ2v) is 12.1. The summed E-state index contributed by atoms with van der Waals surface area (Å²) < 4.78 is 31.7. The summed E-state index contributed by atoms with van der Waals surface area (Å²) in [6, 6.07) is 12.5. The third kappa shape index (κ3) is 7.96. The molecule has 1 aliphatic carbocycles. The van der Waals surface area contributed by atoms with Crippen LogP contribution in [0, 0.1) is 13.8 Å². The van der Waals surface area contributed by atoms with E-state index in [2.05, 4.69) is 5.32 Å². The predicted molar refractivity (Wildman–Crippen MR) is 151 cm³/mol. The molecule has 8 nitrogen and oxygen atoms in total. The minimum Gasteiger partial charge on any atom is -0.497 e. The molecule has 2 amide bonds. The van der Waals surface area contributed by atoms with Crippen molar-refractivity contribution in [1.82, 2.24) is 10.2 Å². The van der Waals surface area contributed by atoms with Crippen molar-refractivity contribution in [2.75, 3.05) is 24.2 Å². The van der Waals surface area contributed by atoms with Crippen molar-refractivity contribution >= 4 is 27.5 Å². The number of anilines is 1. The van der Waals surface area contributed by atoms with Crippen molar-refractivity contribution < 1.29 is 22.7 Å². The van der Waals surface area contributed by atoms with Crippen molar-refractivity contribution in [3.63, 3.8) is 0 Å². The molecule has 208 valence electrons. The molecule has 2 aromatic carbocycles. The lowest BCUT2D eigenvalue weighted by Crippen LogP contribution is -2.49. The molecule has 0 aromatic heterocycles. The van der Waals surface area contributed by atoms with E-state index >= 15 is 0 Å². The first-order valence-electron chi connectivity index (χ1n) is 13.3. The Morgan fingerprint density at radius 1 is 1.05 bits per heavy atom. The molecular formula is C29H41N3O5S. The number of amides is 2. The van der Waals surface area contributed by atoms with E-state index in [-0.39, 0.29) is 37.4 Å². The van der Waals surface area contributed by atoms with Crippen LogP contribution in [0.2, 0.25) is 0 Å². The highest BCUT2D eigenvalue weighted by Gasteiger charge is 2.28. The van der Waals surface area contributed by atoms with Gasteiger partial charge in [0, 0.05) is 25.6 Å². The van der Waals surface area contributed by atoms with Crippen LogP contribution in [0.5, 0.6) is 5.75 Å². The number of benzene rings is 2. The molecule has 1 fully saturated rings. The number of nitrogens with one attached hydrogen (secondary N) is 1. The Morgan fingerprint density at radius 2 is 1.71 bits per heavy atom. The first-order chi connectivity index (χ1) is 18.0. The van der Waals surface area contributed by atoms with Gasteiger partial charge in [0.15, 0.2) is 0 Å². The Kier molecular flexibility index (Phi) is 10.2. The van der Waals surface area contributed by atoms with E-state index in [9.17, 15) is 18.0 Å². The summed E-state index contributed by atoms with van der Waals surface area (Å²) in [6.07, 6.45) is 5.75. The lowest BCUT2D eigenvalue weighted by atomic mass is 10.1. The van der Waals surface area contributed by atoms with Gasteiger partial charge in [-0.25, -0.2) is 8.42 Å². The van der Waals surface area contributed by atoms with Crippen molar-refractivity contribution in [1.29, 1.82) is 0 Å². The van der Waals surface area contributed by atoms with Crippen molar-refractivity contribution in [2.45, 2.75) is 77.9 Å². The number of carbonyl (C=O) groups excluding carboxylic acids is 2. The van der Waals surface area contributed by atoms with Gasteiger partial charge < -0.3 is 15.0 Å². The fourth-order valence-corrected chi connectivity index (χ4v) is 5.74. The predicted octanol–water partition coefficient (Wildman–Crippen LogP) is 4.33.